The van der Waals surface area contributed by atoms with Crippen LogP contribution in [0, 0.1) is 6.92 Å². The first-order chi connectivity index (χ1) is 18.5. The second-order valence-electron chi connectivity index (χ2n) is 8.37. The molecule has 0 aliphatic rings. The summed E-state index contributed by atoms with van der Waals surface area (Å²) in [6, 6.07) is 11.4. The molecule has 3 heterocycles. The molecule has 0 aliphatic heterocycles. The van der Waals surface area contributed by atoms with Gasteiger partial charge in [0.25, 0.3) is 0 Å². The van der Waals surface area contributed by atoms with Crippen molar-refractivity contribution in [2.75, 3.05) is 5.32 Å². The molecule has 1 N–H and O–H groups in total. The summed E-state index contributed by atoms with van der Waals surface area (Å²) < 4.78 is 85.0. The SMILES string of the molecule is Cc1ccc(-c2nnc(-c3cc(C(F)(F)F)cc(C(F)(F)F)c3)o2)cc1Nc1nccc(-c2cccnc2)n1. The van der Waals surface area contributed by atoms with Gasteiger partial charge in [0, 0.05) is 41.0 Å². The highest BCUT2D eigenvalue weighted by Gasteiger charge is 2.37. The fourth-order valence-electron chi connectivity index (χ4n) is 3.64. The van der Waals surface area contributed by atoms with E-state index in [0.29, 0.717) is 29.1 Å². The third kappa shape index (κ3) is 5.71. The predicted molar refractivity (Wildman–Crippen MR) is 128 cm³/mol. The fourth-order valence-corrected chi connectivity index (χ4v) is 3.64. The third-order valence-electron chi connectivity index (χ3n) is 5.60. The molecule has 0 saturated carbocycles. The molecule has 198 valence electrons. The Bertz CT molecular complexity index is 1600. The number of anilines is 2. The Hall–Kier alpha value is -4.81. The zero-order chi connectivity index (χ0) is 27.8. The van der Waals surface area contributed by atoms with E-state index in [1.165, 1.54) is 0 Å². The van der Waals surface area contributed by atoms with Gasteiger partial charge >= 0.3 is 12.4 Å². The molecule has 5 rings (SSSR count). The predicted octanol–water partition coefficient (Wildman–Crippen LogP) is 7.35. The molecule has 0 radical (unpaired) electrons. The number of halogens is 6. The Morgan fingerprint density at radius 1 is 0.744 bits per heavy atom. The zero-order valence-corrected chi connectivity index (χ0v) is 19.8. The van der Waals surface area contributed by atoms with Crippen molar-refractivity contribution in [3.05, 3.63) is 89.9 Å². The third-order valence-corrected chi connectivity index (χ3v) is 5.60. The van der Waals surface area contributed by atoms with Crippen molar-refractivity contribution in [2.45, 2.75) is 19.3 Å². The van der Waals surface area contributed by atoms with E-state index in [0.717, 1.165) is 11.1 Å². The molecular formula is C26H16F6N6O. The molecule has 3 aromatic heterocycles. The quantitative estimate of drug-likeness (QED) is 0.232. The van der Waals surface area contributed by atoms with Crippen LogP contribution in [0.4, 0.5) is 38.0 Å². The van der Waals surface area contributed by atoms with Crippen molar-refractivity contribution in [2.24, 2.45) is 0 Å². The van der Waals surface area contributed by atoms with E-state index >= 15 is 0 Å². The van der Waals surface area contributed by atoms with E-state index in [-0.39, 0.29) is 17.9 Å². The van der Waals surface area contributed by atoms with Crippen LogP contribution in [0.5, 0.6) is 0 Å². The molecule has 2 aromatic carbocycles. The van der Waals surface area contributed by atoms with Gasteiger partial charge in [0.1, 0.15) is 0 Å². The van der Waals surface area contributed by atoms with E-state index in [2.05, 4.69) is 30.5 Å². The lowest BCUT2D eigenvalue weighted by Crippen LogP contribution is -2.11. The number of alkyl halides is 6. The fraction of sp³-hybridized carbons (Fsp3) is 0.115. The molecule has 0 spiro atoms. The van der Waals surface area contributed by atoms with Gasteiger partial charge < -0.3 is 9.73 Å². The van der Waals surface area contributed by atoms with Gasteiger partial charge in [-0.25, -0.2) is 9.97 Å². The number of aryl methyl sites for hydroxylation is 1. The molecule has 0 bridgehead atoms. The van der Waals surface area contributed by atoms with E-state index in [4.69, 9.17) is 4.42 Å². The van der Waals surface area contributed by atoms with Crippen LogP contribution in [-0.4, -0.2) is 25.1 Å². The molecule has 7 nitrogen and oxygen atoms in total. The summed E-state index contributed by atoms with van der Waals surface area (Å²) in [7, 11) is 0. The first-order valence-corrected chi connectivity index (χ1v) is 11.2. The van der Waals surface area contributed by atoms with Crippen LogP contribution < -0.4 is 5.32 Å². The minimum absolute atomic E-state index is 0.0318. The van der Waals surface area contributed by atoms with E-state index in [1.807, 2.05) is 13.0 Å². The molecule has 13 heteroatoms. The second kappa shape index (κ2) is 9.82. The molecule has 0 saturated heterocycles. The Balaban J connectivity index is 1.46. The molecule has 39 heavy (non-hydrogen) atoms. The largest absolute Gasteiger partial charge is 0.416 e. The van der Waals surface area contributed by atoms with Crippen LogP contribution in [0.1, 0.15) is 16.7 Å². The summed E-state index contributed by atoms with van der Waals surface area (Å²) in [5.74, 6) is -0.320. The maximum absolute atomic E-state index is 13.3. The van der Waals surface area contributed by atoms with Gasteiger partial charge in [-0.2, -0.15) is 26.3 Å². The van der Waals surface area contributed by atoms with Crippen LogP contribution in [0.2, 0.25) is 0 Å². The molecule has 0 amide bonds. The Labute approximate surface area is 216 Å². The number of hydrogen-bond acceptors (Lipinski definition) is 7. The lowest BCUT2D eigenvalue weighted by molar-refractivity contribution is -0.143. The van der Waals surface area contributed by atoms with Gasteiger partial charge in [-0.3, -0.25) is 4.98 Å². The number of pyridine rings is 1. The zero-order valence-electron chi connectivity index (χ0n) is 19.8. The van der Waals surface area contributed by atoms with Crippen molar-refractivity contribution in [1.29, 1.82) is 0 Å². The van der Waals surface area contributed by atoms with Gasteiger partial charge in [-0.05, 0) is 61.0 Å². The Morgan fingerprint density at radius 2 is 1.44 bits per heavy atom. The monoisotopic (exact) mass is 542 g/mol. The van der Waals surface area contributed by atoms with Gasteiger partial charge in [0.15, 0.2) is 0 Å². The molecule has 0 fully saturated rings. The first-order valence-electron chi connectivity index (χ1n) is 11.2. The molecule has 0 atom stereocenters. The summed E-state index contributed by atoms with van der Waals surface area (Å²) in [5.41, 5.74) is -0.332. The minimum Gasteiger partial charge on any atom is -0.416 e. The summed E-state index contributed by atoms with van der Waals surface area (Å²) in [5, 5.41) is 10.6. The smallest absolute Gasteiger partial charge is 0.416 e. The maximum atomic E-state index is 13.3. The van der Waals surface area contributed by atoms with Gasteiger partial charge in [-0.1, -0.05) is 6.07 Å². The number of rotatable bonds is 5. The standard InChI is InChI=1S/C26H16F6N6O/c1-14-4-5-15(11-21(14)36-24-34-8-6-20(35-24)16-3-2-7-33-13-16)22-37-38-23(39-22)17-9-18(25(27,28)29)12-19(10-17)26(30,31)32/h2-13H,1H3,(H,34,35,36). The first kappa shape index (κ1) is 25.8. The number of nitrogens with zero attached hydrogens (tertiary/aromatic N) is 5. The minimum atomic E-state index is -5.01. The summed E-state index contributed by atoms with van der Waals surface area (Å²) in [6.07, 6.45) is -5.14. The second-order valence-corrected chi connectivity index (χ2v) is 8.37. The average Bonchev–Trinajstić information content (AvgIpc) is 3.40. The Kier molecular flexibility index (Phi) is 6.50. The average molecular weight is 542 g/mol. The number of aromatic nitrogens is 5. The van der Waals surface area contributed by atoms with Crippen LogP contribution in [0.15, 0.2) is 77.6 Å². The van der Waals surface area contributed by atoms with Crippen LogP contribution in [0.3, 0.4) is 0 Å². The van der Waals surface area contributed by atoms with E-state index in [9.17, 15) is 26.3 Å². The molecule has 0 aliphatic carbocycles. The summed E-state index contributed by atoms with van der Waals surface area (Å²) in [4.78, 5) is 12.8. The maximum Gasteiger partial charge on any atom is 0.416 e. The van der Waals surface area contributed by atoms with Crippen molar-refractivity contribution < 1.29 is 30.8 Å². The van der Waals surface area contributed by atoms with Gasteiger partial charge in [0.05, 0.1) is 16.8 Å². The highest BCUT2D eigenvalue weighted by atomic mass is 19.4. The van der Waals surface area contributed by atoms with Crippen molar-refractivity contribution in [3.63, 3.8) is 0 Å². The molecule has 5 aromatic rings. The highest BCUT2D eigenvalue weighted by molar-refractivity contribution is 5.69. The number of benzene rings is 2. The van der Waals surface area contributed by atoms with Crippen LogP contribution >= 0.6 is 0 Å². The summed E-state index contributed by atoms with van der Waals surface area (Å²) >= 11 is 0. The topological polar surface area (TPSA) is 89.6 Å². The molecule has 0 unspecified atom stereocenters. The van der Waals surface area contributed by atoms with Gasteiger partial charge in [-0.15, -0.1) is 10.2 Å². The number of nitrogens with one attached hydrogen (secondary N) is 1. The Morgan fingerprint density at radius 3 is 2.08 bits per heavy atom. The normalized spacial score (nSPS) is 12.0. The highest BCUT2D eigenvalue weighted by Crippen LogP contribution is 2.39. The van der Waals surface area contributed by atoms with Crippen molar-refractivity contribution >= 4 is 11.6 Å². The summed E-state index contributed by atoms with van der Waals surface area (Å²) in [6.45, 7) is 1.82. The van der Waals surface area contributed by atoms with Crippen LogP contribution in [-0.2, 0) is 12.4 Å². The lowest BCUT2D eigenvalue weighted by atomic mass is 10.0. The van der Waals surface area contributed by atoms with E-state index in [1.54, 1.807) is 48.9 Å². The van der Waals surface area contributed by atoms with Crippen molar-refractivity contribution in [3.8, 4) is 34.2 Å². The van der Waals surface area contributed by atoms with Crippen molar-refractivity contribution in [1.82, 2.24) is 25.1 Å². The lowest BCUT2D eigenvalue weighted by Gasteiger charge is -2.12. The van der Waals surface area contributed by atoms with E-state index < -0.39 is 34.9 Å². The number of hydrogen-bond donors (Lipinski definition) is 1. The molecular weight excluding hydrogens is 526 g/mol. The van der Waals surface area contributed by atoms with Crippen LogP contribution in [0.25, 0.3) is 34.2 Å². The van der Waals surface area contributed by atoms with Gasteiger partial charge in [0.2, 0.25) is 17.7 Å².